The number of halogens is 1. The van der Waals surface area contributed by atoms with Crippen molar-refractivity contribution in [3.63, 3.8) is 0 Å². The van der Waals surface area contributed by atoms with E-state index in [-0.39, 0.29) is 5.91 Å². The summed E-state index contributed by atoms with van der Waals surface area (Å²) in [5.41, 5.74) is 0.327. The Balaban J connectivity index is 1.83. The van der Waals surface area contributed by atoms with Crippen molar-refractivity contribution in [2.45, 2.75) is 18.9 Å². The smallest absolute Gasteiger partial charge is 0.326 e. The summed E-state index contributed by atoms with van der Waals surface area (Å²) in [6, 6.07) is 1.23. The fourth-order valence-electron chi connectivity index (χ4n) is 2.32. The Morgan fingerprint density at radius 3 is 2.86 bits per heavy atom. The van der Waals surface area contributed by atoms with Gasteiger partial charge in [0, 0.05) is 21.8 Å². The van der Waals surface area contributed by atoms with E-state index in [4.69, 9.17) is 5.11 Å². The van der Waals surface area contributed by atoms with Gasteiger partial charge in [0.1, 0.15) is 16.7 Å². The lowest BCUT2D eigenvalue weighted by molar-refractivity contribution is -0.141. The third-order valence-corrected chi connectivity index (χ3v) is 6.00. The molecular formula is C13H11BrN2O3S2. The van der Waals surface area contributed by atoms with Gasteiger partial charge in [-0.05, 0) is 34.8 Å². The van der Waals surface area contributed by atoms with Gasteiger partial charge in [-0.3, -0.25) is 4.79 Å². The van der Waals surface area contributed by atoms with Gasteiger partial charge >= 0.3 is 5.97 Å². The molecule has 1 saturated heterocycles. The van der Waals surface area contributed by atoms with E-state index in [1.807, 2.05) is 11.4 Å². The number of carboxylic acids is 1. The average Bonchev–Trinajstić information content (AvgIpc) is 3.17. The number of aliphatic carboxylic acids is 1. The third kappa shape index (κ3) is 2.88. The number of rotatable bonds is 3. The van der Waals surface area contributed by atoms with Crippen LogP contribution in [0.15, 0.2) is 21.3 Å². The Morgan fingerprint density at radius 2 is 2.19 bits per heavy atom. The Hall–Kier alpha value is -1.25. The highest BCUT2D eigenvalue weighted by atomic mass is 79.9. The van der Waals surface area contributed by atoms with Gasteiger partial charge in [-0.1, -0.05) is 0 Å². The summed E-state index contributed by atoms with van der Waals surface area (Å²) in [5.74, 6) is -1.24. The van der Waals surface area contributed by atoms with Crippen molar-refractivity contribution in [3.05, 3.63) is 27.0 Å². The van der Waals surface area contributed by atoms with Crippen molar-refractivity contribution in [1.82, 2.24) is 9.88 Å². The van der Waals surface area contributed by atoms with Crippen LogP contribution in [0.4, 0.5) is 0 Å². The Labute approximate surface area is 137 Å². The van der Waals surface area contributed by atoms with Crippen LogP contribution in [0.25, 0.3) is 9.88 Å². The summed E-state index contributed by atoms with van der Waals surface area (Å²) >= 11 is 6.33. The van der Waals surface area contributed by atoms with Gasteiger partial charge in [0.05, 0.1) is 4.88 Å². The minimum absolute atomic E-state index is 0.293. The fraction of sp³-hybridized carbons (Fsp3) is 0.308. The molecule has 1 amide bonds. The first-order valence-corrected chi connectivity index (χ1v) is 8.85. The van der Waals surface area contributed by atoms with Gasteiger partial charge in [0.15, 0.2) is 0 Å². The van der Waals surface area contributed by atoms with Gasteiger partial charge in [0.2, 0.25) is 0 Å². The van der Waals surface area contributed by atoms with Gasteiger partial charge < -0.3 is 10.0 Å². The van der Waals surface area contributed by atoms with Gasteiger partial charge in [-0.25, -0.2) is 9.78 Å². The fourth-order valence-corrected chi connectivity index (χ4v) is 4.63. The van der Waals surface area contributed by atoms with Crippen molar-refractivity contribution in [1.29, 1.82) is 0 Å². The average molecular weight is 387 g/mol. The van der Waals surface area contributed by atoms with E-state index in [0.717, 1.165) is 20.8 Å². The molecule has 110 valence electrons. The van der Waals surface area contributed by atoms with E-state index in [1.54, 1.807) is 16.7 Å². The molecule has 0 unspecified atom stereocenters. The Morgan fingerprint density at radius 1 is 1.38 bits per heavy atom. The summed E-state index contributed by atoms with van der Waals surface area (Å²) in [4.78, 5) is 30.3. The second-order valence-electron chi connectivity index (χ2n) is 4.66. The lowest BCUT2D eigenvalue weighted by Gasteiger charge is -2.20. The van der Waals surface area contributed by atoms with Crippen LogP contribution in [0.1, 0.15) is 23.3 Å². The molecule has 3 rings (SSSR count). The van der Waals surface area contributed by atoms with E-state index in [9.17, 15) is 9.59 Å². The first-order valence-electron chi connectivity index (χ1n) is 6.30. The first-order chi connectivity index (χ1) is 10.1. The number of carboxylic acid groups (broad SMARTS) is 1. The zero-order valence-corrected chi connectivity index (χ0v) is 14.0. The highest BCUT2D eigenvalue weighted by Crippen LogP contribution is 2.32. The van der Waals surface area contributed by atoms with Crippen LogP contribution in [-0.4, -0.2) is 39.5 Å². The molecule has 3 heterocycles. The molecule has 1 fully saturated rings. The standard InChI is InChI=1S/C13H11BrN2O3S2/c14-7-4-10(20-5-7)11-15-8(6-21-11)12(17)16-3-1-2-9(16)13(18)19/h4-6,9H,1-3H2,(H,18,19)/t9-/m1/s1. The third-order valence-electron chi connectivity index (χ3n) is 3.30. The quantitative estimate of drug-likeness (QED) is 0.877. The number of amides is 1. The van der Waals surface area contributed by atoms with Crippen LogP contribution >= 0.6 is 38.6 Å². The zero-order valence-electron chi connectivity index (χ0n) is 10.8. The molecule has 0 radical (unpaired) electrons. The van der Waals surface area contributed by atoms with E-state index in [2.05, 4.69) is 20.9 Å². The maximum atomic E-state index is 12.4. The van der Waals surface area contributed by atoms with Gasteiger partial charge in [-0.2, -0.15) is 0 Å². The van der Waals surface area contributed by atoms with Crippen LogP contribution in [0, 0.1) is 0 Å². The molecule has 1 aliphatic heterocycles. The summed E-state index contributed by atoms with van der Waals surface area (Å²) in [6.07, 6.45) is 1.23. The molecule has 21 heavy (non-hydrogen) atoms. The minimum Gasteiger partial charge on any atom is -0.480 e. The van der Waals surface area contributed by atoms with Crippen molar-refractivity contribution < 1.29 is 14.7 Å². The molecule has 0 spiro atoms. The lowest BCUT2D eigenvalue weighted by atomic mass is 10.2. The molecule has 1 N–H and O–H groups in total. The van der Waals surface area contributed by atoms with Crippen molar-refractivity contribution in [2.75, 3.05) is 6.54 Å². The predicted octanol–water partition coefficient (Wildman–Crippen LogP) is 3.32. The van der Waals surface area contributed by atoms with E-state index in [0.29, 0.717) is 18.7 Å². The molecule has 1 aliphatic rings. The minimum atomic E-state index is -0.946. The van der Waals surface area contributed by atoms with Crippen LogP contribution in [0.2, 0.25) is 0 Å². The normalized spacial score (nSPS) is 18.1. The molecule has 0 aromatic carbocycles. The van der Waals surface area contributed by atoms with E-state index >= 15 is 0 Å². The first kappa shape index (κ1) is 14.7. The number of thiophene rings is 1. The molecule has 2 aromatic rings. The number of thiazole rings is 1. The number of likely N-dealkylation sites (tertiary alicyclic amines) is 1. The zero-order chi connectivity index (χ0) is 15.0. The van der Waals surface area contributed by atoms with Crippen LogP contribution < -0.4 is 0 Å². The molecule has 5 nitrogen and oxygen atoms in total. The molecule has 2 aromatic heterocycles. The number of carbonyl (C=O) groups is 2. The number of hydrogen-bond acceptors (Lipinski definition) is 5. The lowest BCUT2D eigenvalue weighted by Crippen LogP contribution is -2.40. The van der Waals surface area contributed by atoms with Crippen molar-refractivity contribution in [3.8, 4) is 9.88 Å². The summed E-state index contributed by atoms with van der Waals surface area (Å²) < 4.78 is 0.982. The highest BCUT2D eigenvalue weighted by molar-refractivity contribution is 9.10. The van der Waals surface area contributed by atoms with Crippen LogP contribution in [0.3, 0.4) is 0 Å². The molecular weight excluding hydrogens is 376 g/mol. The number of nitrogens with zero attached hydrogens (tertiary/aromatic N) is 2. The molecule has 0 aliphatic carbocycles. The summed E-state index contributed by atoms with van der Waals surface area (Å²) in [6.45, 7) is 0.479. The SMILES string of the molecule is O=C(O)[C@H]1CCCN1C(=O)c1csc(-c2cc(Br)cs2)n1. The van der Waals surface area contributed by atoms with E-state index < -0.39 is 12.0 Å². The van der Waals surface area contributed by atoms with Crippen LogP contribution in [0.5, 0.6) is 0 Å². The summed E-state index contributed by atoms with van der Waals surface area (Å²) in [5, 5.41) is 13.6. The molecule has 1 atom stereocenters. The molecule has 0 bridgehead atoms. The monoisotopic (exact) mass is 386 g/mol. The van der Waals surface area contributed by atoms with E-state index in [1.165, 1.54) is 16.2 Å². The van der Waals surface area contributed by atoms with Gasteiger partial charge in [0.25, 0.3) is 5.91 Å². The second kappa shape index (κ2) is 5.86. The van der Waals surface area contributed by atoms with Crippen LogP contribution in [-0.2, 0) is 4.79 Å². The van der Waals surface area contributed by atoms with Crippen molar-refractivity contribution in [2.24, 2.45) is 0 Å². The number of carbonyl (C=O) groups excluding carboxylic acids is 1. The Kier molecular flexibility index (Phi) is 4.10. The molecule has 0 saturated carbocycles. The highest BCUT2D eigenvalue weighted by Gasteiger charge is 2.35. The Bertz CT molecular complexity index is 697. The largest absolute Gasteiger partial charge is 0.480 e. The van der Waals surface area contributed by atoms with Gasteiger partial charge in [-0.15, -0.1) is 22.7 Å². The predicted molar refractivity (Wildman–Crippen MR) is 84.8 cm³/mol. The topological polar surface area (TPSA) is 70.5 Å². The second-order valence-corrected chi connectivity index (χ2v) is 7.35. The molecule has 8 heteroatoms. The maximum Gasteiger partial charge on any atom is 0.326 e. The summed E-state index contributed by atoms with van der Waals surface area (Å²) in [7, 11) is 0. The van der Waals surface area contributed by atoms with Crippen molar-refractivity contribution >= 4 is 50.5 Å². The number of hydrogen-bond donors (Lipinski definition) is 1. The number of aromatic nitrogens is 1. The maximum absolute atomic E-state index is 12.4.